The van der Waals surface area contributed by atoms with E-state index in [4.69, 9.17) is 11.6 Å². The smallest absolute Gasteiger partial charge is 0.302 e. The van der Waals surface area contributed by atoms with Crippen LogP contribution < -0.4 is 5.32 Å². The molecule has 18 heavy (non-hydrogen) atoms. The molecule has 7 heteroatoms. The van der Waals surface area contributed by atoms with Gasteiger partial charge in [-0.2, -0.15) is 13.2 Å². The van der Waals surface area contributed by atoms with Crippen LogP contribution in [0.1, 0.15) is 5.56 Å². The van der Waals surface area contributed by atoms with Gasteiger partial charge in [-0.1, -0.05) is 17.7 Å². The molecule has 0 aliphatic heterocycles. The second-order valence-corrected chi connectivity index (χ2v) is 4.08. The third kappa shape index (κ3) is 5.46. The van der Waals surface area contributed by atoms with Crippen molar-refractivity contribution >= 4 is 17.4 Å². The zero-order valence-electron chi connectivity index (χ0n) is 9.15. The molecule has 0 aliphatic rings. The minimum Gasteiger partial charge on any atom is -0.302 e. The quantitative estimate of drug-likeness (QED) is 0.842. The van der Waals surface area contributed by atoms with E-state index in [0.29, 0.717) is 5.56 Å². The zero-order valence-corrected chi connectivity index (χ0v) is 9.91. The first-order valence-corrected chi connectivity index (χ1v) is 5.39. The van der Waals surface area contributed by atoms with Gasteiger partial charge in [-0.3, -0.25) is 4.79 Å². The van der Waals surface area contributed by atoms with Gasteiger partial charge in [-0.15, -0.1) is 0 Å². The topological polar surface area (TPSA) is 29.1 Å². The van der Waals surface area contributed by atoms with Crippen molar-refractivity contribution in [3.05, 3.63) is 34.6 Å². The van der Waals surface area contributed by atoms with Gasteiger partial charge >= 0.3 is 6.18 Å². The summed E-state index contributed by atoms with van der Waals surface area (Å²) < 4.78 is 48.1. The van der Waals surface area contributed by atoms with E-state index in [1.165, 1.54) is 6.07 Å². The van der Waals surface area contributed by atoms with Crippen LogP contribution in [0.15, 0.2) is 18.2 Å². The van der Waals surface area contributed by atoms with Crippen LogP contribution in [0.5, 0.6) is 0 Å². The first-order valence-electron chi connectivity index (χ1n) is 5.01. The van der Waals surface area contributed by atoms with Crippen LogP contribution in [0, 0.1) is 5.82 Å². The SMILES string of the molecule is O=C(CNCC(F)(F)F)Cc1ccc(F)cc1Cl. The fraction of sp³-hybridized carbons (Fsp3) is 0.364. The molecule has 0 heterocycles. The summed E-state index contributed by atoms with van der Waals surface area (Å²) >= 11 is 5.69. The van der Waals surface area contributed by atoms with Gasteiger partial charge < -0.3 is 5.32 Å². The number of ketones is 1. The van der Waals surface area contributed by atoms with Crippen molar-refractivity contribution < 1.29 is 22.4 Å². The highest BCUT2D eigenvalue weighted by molar-refractivity contribution is 6.31. The van der Waals surface area contributed by atoms with Crippen LogP contribution in [-0.2, 0) is 11.2 Å². The number of alkyl halides is 3. The number of carbonyl (C=O) groups excluding carboxylic acids is 1. The molecule has 0 fully saturated rings. The minimum atomic E-state index is -4.35. The summed E-state index contributed by atoms with van der Waals surface area (Å²) in [5, 5.41) is 2.07. The van der Waals surface area contributed by atoms with Gasteiger partial charge in [0.2, 0.25) is 0 Å². The van der Waals surface area contributed by atoms with E-state index >= 15 is 0 Å². The van der Waals surface area contributed by atoms with E-state index in [2.05, 4.69) is 0 Å². The van der Waals surface area contributed by atoms with Crippen LogP contribution in [0.4, 0.5) is 17.6 Å². The van der Waals surface area contributed by atoms with Crippen molar-refractivity contribution in [2.75, 3.05) is 13.1 Å². The Hall–Kier alpha value is -1.14. The number of carbonyl (C=O) groups is 1. The molecule has 0 unspecified atom stereocenters. The summed E-state index contributed by atoms with van der Waals surface area (Å²) in [6.07, 6.45) is -4.49. The number of halogens is 5. The molecule has 0 spiro atoms. The Morgan fingerprint density at radius 1 is 1.33 bits per heavy atom. The lowest BCUT2D eigenvalue weighted by molar-refractivity contribution is -0.127. The molecule has 0 aromatic heterocycles. The Bertz CT molecular complexity index is 434. The van der Waals surface area contributed by atoms with Crippen LogP contribution in [0.2, 0.25) is 5.02 Å². The summed E-state index contributed by atoms with van der Waals surface area (Å²) in [6, 6.07) is 3.52. The molecule has 0 atom stereocenters. The van der Waals surface area contributed by atoms with E-state index < -0.39 is 30.9 Å². The monoisotopic (exact) mass is 283 g/mol. The Morgan fingerprint density at radius 3 is 2.56 bits per heavy atom. The molecule has 0 amide bonds. The van der Waals surface area contributed by atoms with Gasteiger partial charge in [-0.05, 0) is 17.7 Å². The van der Waals surface area contributed by atoms with E-state index in [1.807, 2.05) is 5.32 Å². The molecule has 0 radical (unpaired) electrons. The fourth-order valence-electron chi connectivity index (χ4n) is 1.28. The standard InChI is InChI=1S/C11H10ClF4NO/c12-10-4-8(13)2-1-7(10)3-9(18)5-17-6-11(14,15)16/h1-2,4,17H,3,5-6H2. The van der Waals surface area contributed by atoms with Crippen molar-refractivity contribution in [3.8, 4) is 0 Å². The number of Topliss-reactive ketones (excluding diaryl/α,β-unsaturated/α-hetero) is 1. The maximum Gasteiger partial charge on any atom is 0.401 e. The van der Waals surface area contributed by atoms with Crippen LogP contribution >= 0.6 is 11.6 Å². The van der Waals surface area contributed by atoms with Gasteiger partial charge in [-0.25, -0.2) is 4.39 Å². The van der Waals surface area contributed by atoms with E-state index in [0.717, 1.165) is 12.1 Å². The lowest BCUT2D eigenvalue weighted by atomic mass is 10.1. The molecule has 0 saturated heterocycles. The molecule has 0 aliphatic carbocycles. The van der Waals surface area contributed by atoms with Gasteiger partial charge in [0.25, 0.3) is 0 Å². The largest absolute Gasteiger partial charge is 0.401 e. The maximum atomic E-state index is 12.7. The summed E-state index contributed by atoms with van der Waals surface area (Å²) in [6.45, 7) is -1.64. The van der Waals surface area contributed by atoms with E-state index in [1.54, 1.807) is 0 Å². The Kier molecular flexibility index (Phi) is 5.10. The molecule has 1 N–H and O–H groups in total. The van der Waals surface area contributed by atoms with E-state index in [-0.39, 0.29) is 11.4 Å². The van der Waals surface area contributed by atoms with Gasteiger partial charge in [0.1, 0.15) is 5.82 Å². The number of benzene rings is 1. The van der Waals surface area contributed by atoms with Crippen molar-refractivity contribution in [3.63, 3.8) is 0 Å². The zero-order chi connectivity index (χ0) is 13.8. The maximum absolute atomic E-state index is 12.7. The molecule has 1 aromatic rings. The lowest BCUT2D eigenvalue weighted by Crippen LogP contribution is -2.33. The predicted molar refractivity (Wildman–Crippen MR) is 59.0 cm³/mol. The summed E-state index contributed by atoms with van der Waals surface area (Å²) in [5.41, 5.74) is 0.386. The molecule has 1 aromatic carbocycles. The fourth-order valence-corrected chi connectivity index (χ4v) is 1.52. The van der Waals surface area contributed by atoms with Crippen LogP contribution in [0.3, 0.4) is 0 Å². The molecule has 2 nitrogen and oxygen atoms in total. The van der Waals surface area contributed by atoms with Crippen molar-refractivity contribution in [1.82, 2.24) is 5.32 Å². The molecule has 1 rings (SSSR count). The lowest BCUT2D eigenvalue weighted by Gasteiger charge is -2.08. The highest BCUT2D eigenvalue weighted by atomic mass is 35.5. The molecule has 0 saturated carbocycles. The third-order valence-corrected chi connectivity index (χ3v) is 2.40. The highest BCUT2D eigenvalue weighted by Crippen LogP contribution is 2.18. The minimum absolute atomic E-state index is 0.0826. The van der Waals surface area contributed by atoms with Crippen LogP contribution in [-0.4, -0.2) is 25.0 Å². The van der Waals surface area contributed by atoms with Crippen molar-refractivity contribution in [2.45, 2.75) is 12.6 Å². The summed E-state index contributed by atoms with van der Waals surface area (Å²) in [7, 11) is 0. The molecular weight excluding hydrogens is 274 g/mol. The van der Waals surface area contributed by atoms with Gasteiger partial charge in [0, 0.05) is 11.4 Å². The van der Waals surface area contributed by atoms with Crippen LogP contribution in [0.25, 0.3) is 0 Å². The number of hydrogen-bond donors (Lipinski definition) is 1. The molecule has 100 valence electrons. The van der Waals surface area contributed by atoms with Gasteiger partial charge in [0.15, 0.2) is 5.78 Å². The summed E-state index contributed by atoms with van der Waals surface area (Å²) in [5.74, 6) is -0.987. The molecule has 0 bridgehead atoms. The Morgan fingerprint density at radius 2 is 2.00 bits per heavy atom. The molecular formula is C11H10ClF4NO. The summed E-state index contributed by atoms with van der Waals surface area (Å²) in [4.78, 5) is 11.4. The number of rotatable bonds is 5. The first kappa shape index (κ1) is 14.9. The predicted octanol–water partition coefficient (Wildman–Crippen LogP) is 2.74. The number of hydrogen-bond acceptors (Lipinski definition) is 2. The average Bonchev–Trinajstić information content (AvgIpc) is 2.20. The third-order valence-electron chi connectivity index (χ3n) is 2.05. The van der Waals surface area contributed by atoms with E-state index in [9.17, 15) is 22.4 Å². The average molecular weight is 284 g/mol. The number of nitrogens with one attached hydrogen (secondary N) is 1. The normalized spacial score (nSPS) is 11.6. The van der Waals surface area contributed by atoms with Crippen molar-refractivity contribution in [2.24, 2.45) is 0 Å². The second-order valence-electron chi connectivity index (χ2n) is 3.67. The second kappa shape index (κ2) is 6.15. The van der Waals surface area contributed by atoms with Gasteiger partial charge in [0.05, 0.1) is 13.1 Å². The Balaban J connectivity index is 2.45. The Labute approximate surface area is 106 Å². The van der Waals surface area contributed by atoms with Crippen molar-refractivity contribution in [1.29, 1.82) is 0 Å². The first-order chi connectivity index (χ1) is 8.28. The highest BCUT2D eigenvalue weighted by Gasteiger charge is 2.26.